The third kappa shape index (κ3) is 2.82. The molecule has 0 saturated heterocycles. The Morgan fingerprint density at radius 1 is 1.10 bits per heavy atom. The molecule has 0 unspecified atom stereocenters. The minimum absolute atomic E-state index is 0.189. The maximum atomic E-state index is 12.2. The van der Waals surface area contributed by atoms with Crippen LogP contribution >= 0.6 is 0 Å². The van der Waals surface area contributed by atoms with E-state index in [2.05, 4.69) is 31.3 Å². The van der Waals surface area contributed by atoms with Crippen LogP contribution in [0.3, 0.4) is 0 Å². The topological polar surface area (TPSA) is 42.2 Å². The summed E-state index contributed by atoms with van der Waals surface area (Å²) in [7, 11) is 0. The Kier molecular flexibility index (Phi) is 3.48. The number of nitrogens with one attached hydrogen (secondary N) is 1. The second-order valence-corrected chi connectivity index (χ2v) is 5.26. The van der Waals surface area contributed by atoms with Gasteiger partial charge in [0.25, 0.3) is 5.91 Å². The summed E-state index contributed by atoms with van der Waals surface area (Å²) >= 11 is 0. The molecule has 3 rings (SSSR count). The highest BCUT2D eigenvalue weighted by Gasteiger charge is 2.12. The van der Waals surface area contributed by atoms with Gasteiger partial charge in [-0.15, -0.1) is 0 Å². The molecule has 0 bridgehead atoms. The zero-order valence-corrected chi connectivity index (χ0v) is 12.1. The molecule has 1 N–H and O–H groups in total. The molecule has 21 heavy (non-hydrogen) atoms. The standard InChI is InChI=1S/C18H17NO2/c1-12-7-8-15(13(2)9-12)11-19-18(20)17-10-14-5-3-4-6-16(14)21-17/h3-10H,11H2,1-2H3,(H,19,20). The number of hydrogen-bond acceptors (Lipinski definition) is 2. The van der Waals surface area contributed by atoms with Gasteiger partial charge >= 0.3 is 0 Å². The molecule has 0 fully saturated rings. The first kappa shape index (κ1) is 13.4. The Labute approximate surface area is 123 Å². The lowest BCUT2D eigenvalue weighted by Gasteiger charge is -2.07. The van der Waals surface area contributed by atoms with Gasteiger partial charge in [-0.25, -0.2) is 0 Å². The number of aryl methyl sites for hydroxylation is 2. The van der Waals surface area contributed by atoms with Crippen LogP contribution in [0.15, 0.2) is 52.9 Å². The fourth-order valence-electron chi connectivity index (χ4n) is 2.40. The summed E-state index contributed by atoms with van der Waals surface area (Å²) in [6, 6.07) is 15.6. The molecular weight excluding hydrogens is 262 g/mol. The number of rotatable bonds is 3. The van der Waals surface area contributed by atoms with Crippen molar-refractivity contribution in [2.24, 2.45) is 0 Å². The third-order valence-corrected chi connectivity index (χ3v) is 3.59. The molecule has 0 aliphatic carbocycles. The fraction of sp³-hybridized carbons (Fsp3) is 0.167. The largest absolute Gasteiger partial charge is 0.451 e. The molecule has 0 aliphatic rings. The maximum Gasteiger partial charge on any atom is 0.287 e. The summed E-state index contributed by atoms with van der Waals surface area (Å²) in [6.07, 6.45) is 0. The quantitative estimate of drug-likeness (QED) is 0.788. The molecular formula is C18H17NO2. The van der Waals surface area contributed by atoms with E-state index in [1.54, 1.807) is 6.07 Å². The van der Waals surface area contributed by atoms with E-state index in [1.807, 2.05) is 30.3 Å². The van der Waals surface area contributed by atoms with Gasteiger partial charge in [-0.3, -0.25) is 4.79 Å². The summed E-state index contributed by atoms with van der Waals surface area (Å²) in [6.45, 7) is 4.61. The van der Waals surface area contributed by atoms with Gasteiger partial charge in [0.2, 0.25) is 0 Å². The minimum Gasteiger partial charge on any atom is -0.451 e. The number of amides is 1. The van der Waals surface area contributed by atoms with E-state index in [1.165, 1.54) is 11.1 Å². The van der Waals surface area contributed by atoms with Crippen molar-refractivity contribution in [1.82, 2.24) is 5.32 Å². The van der Waals surface area contributed by atoms with Crippen LogP contribution in [0.4, 0.5) is 0 Å². The molecule has 0 saturated carbocycles. The van der Waals surface area contributed by atoms with Crippen molar-refractivity contribution in [3.63, 3.8) is 0 Å². The first-order valence-electron chi connectivity index (χ1n) is 6.96. The zero-order chi connectivity index (χ0) is 14.8. The second kappa shape index (κ2) is 5.44. The van der Waals surface area contributed by atoms with Gasteiger partial charge in [-0.1, -0.05) is 42.0 Å². The smallest absolute Gasteiger partial charge is 0.287 e. The molecule has 3 nitrogen and oxygen atoms in total. The van der Waals surface area contributed by atoms with Crippen LogP contribution in [0.1, 0.15) is 27.2 Å². The van der Waals surface area contributed by atoms with Crippen molar-refractivity contribution < 1.29 is 9.21 Å². The molecule has 106 valence electrons. The van der Waals surface area contributed by atoms with Crippen LogP contribution in [-0.4, -0.2) is 5.91 Å². The van der Waals surface area contributed by atoms with E-state index in [9.17, 15) is 4.79 Å². The predicted octanol–water partition coefficient (Wildman–Crippen LogP) is 3.98. The van der Waals surface area contributed by atoms with E-state index < -0.39 is 0 Å². The molecule has 3 aromatic rings. The summed E-state index contributed by atoms with van der Waals surface area (Å²) in [5.41, 5.74) is 4.25. The van der Waals surface area contributed by atoms with Crippen molar-refractivity contribution in [3.8, 4) is 0 Å². The molecule has 1 aromatic heterocycles. The molecule has 3 heteroatoms. The van der Waals surface area contributed by atoms with Crippen molar-refractivity contribution in [2.75, 3.05) is 0 Å². The molecule has 2 aromatic carbocycles. The highest BCUT2D eigenvalue weighted by molar-refractivity contribution is 5.96. The van der Waals surface area contributed by atoms with Gasteiger partial charge < -0.3 is 9.73 Å². The van der Waals surface area contributed by atoms with Crippen molar-refractivity contribution in [3.05, 3.63) is 71.0 Å². The molecule has 1 heterocycles. The highest BCUT2D eigenvalue weighted by atomic mass is 16.3. The molecule has 0 atom stereocenters. The first-order chi connectivity index (χ1) is 10.1. The number of para-hydroxylation sites is 1. The van der Waals surface area contributed by atoms with Gasteiger partial charge in [0.1, 0.15) is 5.58 Å². The first-order valence-corrected chi connectivity index (χ1v) is 6.96. The Morgan fingerprint density at radius 3 is 2.67 bits per heavy atom. The Bertz CT molecular complexity index is 769. The normalized spacial score (nSPS) is 10.8. The van der Waals surface area contributed by atoms with Crippen LogP contribution in [-0.2, 0) is 6.54 Å². The van der Waals surface area contributed by atoms with Crippen LogP contribution in [0.5, 0.6) is 0 Å². The van der Waals surface area contributed by atoms with Gasteiger partial charge in [-0.2, -0.15) is 0 Å². The zero-order valence-electron chi connectivity index (χ0n) is 12.1. The maximum absolute atomic E-state index is 12.2. The fourth-order valence-corrected chi connectivity index (χ4v) is 2.40. The predicted molar refractivity (Wildman–Crippen MR) is 83.3 cm³/mol. The molecule has 1 amide bonds. The number of carbonyl (C=O) groups excluding carboxylic acids is 1. The SMILES string of the molecule is Cc1ccc(CNC(=O)c2cc3ccccc3o2)c(C)c1. The lowest BCUT2D eigenvalue weighted by molar-refractivity contribution is 0.0925. The van der Waals surface area contributed by atoms with E-state index >= 15 is 0 Å². The Morgan fingerprint density at radius 2 is 1.90 bits per heavy atom. The van der Waals surface area contributed by atoms with E-state index in [-0.39, 0.29) is 5.91 Å². The van der Waals surface area contributed by atoms with Gasteiger partial charge in [-0.05, 0) is 37.1 Å². The number of fused-ring (bicyclic) bond motifs is 1. The van der Waals surface area contributed by atoms with Crippen molar-refractivity contribution in [2.45, 2.75) is 20.4 Å². The van der Waals surface area contributed by atoms with Crippen molar-refractivity contribution >= 4 is 16.9 Å². The van der Waals surface area contributed by atoms with E-state index in [0.717, 1.165) is 16.5 Å². The summed E-state index contributed by atoms with van der Waals surface area (Å²) in [5.74, 6) is 0.159. The van der Waals surface area contributed by atoms with Gasteiger partial charge in [0, 0.05) is 11.9 Å². The second-order valence-electron chi connectivity index (χ2n) is 5.26. The molecule has 0 radical (unpaired) electrons. The van der Waals surface area contributed by atoms with Crippen LogP contribution in [0.2, 0.25) is 0 Å². The number of furan rings is 1. The van der Waals surface area contributed by atoms with Crippen LogP contribution in [0.25, 0.3) is 11.0 Å². The summed E-state index contributed by atoms with van der Waals surface area (Å²) in [4.78, 5) is 12.2. The van der Waals surface area contributed by atoms with Crippen LogP contribution < -0.4 is 5.32 Å². The minimum atomic E-state index is -0.189. The monoisotopic (exact) mass is 279 g/mol. The average molecular weight is 279 g/mol. The summed E-state index contributed by atoms with van der Waals surface area (Å²) < 4.78 is 5.56. The van der Waals surface area contributed by atoms with Crippen LogP contribution in [0, 0.1) is 13.8 Å². The summed E-state index contributed by atoms with van der Waals surface area (Å²) in [5, 5.41) is 3.84. The lowest BCUT2D eigenvalue weighted by Crippen LogP contribution is -2.22. The molecule has 0 aliphatic heterocycles. The number of hydrogen-bond donors (Lipinski definition) is 1. The molecule has 0 spiro atoms. The highest BCUT2D eigenvalue weighted by Crippen LogP contribution is 2.19. The lowest BCUT2D eigenvalue weighted by atomic mass is 10.1. The van der Waals surface area contributed by atoms with E-state index in [4.69, 9.17) is 4.42 Å². The van der Waals surface area contributed by atoms with Gasteiger partial charge in [0.05, 0.1) is 0 Å². The van der Waals surface area contributed by atoms with E-state index in [0.29, 0.717) is 12.3 Å². The average Bonchev–Trinajstić information content (AvgIpc) is 2.90. The van der Waals surface area contributed by atoms with Gasteiger partial charge in [0.15, 0.2) is 5.76 Å². The Hall–Kier alpha value is -2.55. The number of benzene rings is 2. The number of carbonyl (C=O) groups is 1. The van der Waals surface area contributed by atoms with Crippen molar-refractivity contribution in [1.29, 1.82) is 0 Å². The third-order valence-electron chi connectivity index (χ3n) is 3.59. The Balaban J connectivity index is 1.74.